The third-order valence-electron chi connectivity index (χ3n) is 6.19. The number of allylic oxidation sites excluding steroid dienone is 3. The molecule has 0 aromatic rings. The third kappa shape index (κ3) is 10.0. The van der Waals surface area contributed by atoms with E-state index in [1.54, 1.807) is 0 Å². The van der Waals surface area contributed by atoms with Crippen molar-refractivity contribution in [3.8, 4) is 0 Å². The zero-order valence-corrected chi connectivity index (χ0v) is 26.6. The minimum atomic E-state index is -4.77. The van der Waals surface area contributed by atoms with Crippen LogP contribution in [0.2, 0.25) is 0 Å². The summed E-state index contributed by atoms with van der Waals surface area (Å²) in [4.78, 5) is 33.4. The summed E-state index contributed by atoms with van der Waals surface area (Å²) in [6.07, 6.45) is 2.37. The molecule has 0 bridgehead atoms. The maximum atomic E-state index is 11.1. The molecule has 0 aliphatic carbocycles. The van der Waals surface area contributed by atoms with Crippen LogP contribution < -0.4 is 17.2 Å². The van der Waals surface area contributed by atoms with Gasteiger partial charge in [0, 0.05) is 18.1 Å². The average Bonchev–Trinajstić information content (AvgIpc) is 2.78. The topological polar surface area (TPSA) is 301 Å². The molecule has 0 radical (unpaired) electrons. The largest absolute Gasteiger partial charge is 3.00 e. The number of nitrogens with two attached hydrogens (primary N) is 3. The molecule has 6 N–H and O–H groups in total. The van der Waals surface area contributed by atoms with Crippen LogP contribution in [0.15, 0.2) is 38.0 Å². The van der Waals surface area contributed by atoms with E-state index in [2.05, 4.69) is 19.7 Å². The number of hydrogen-bond donors (Lipinski definition) is 3. The standard InChI is InChI=1S/3C7H13NO4S.Al/c3*1-4-6(9)7(3,5(2)8)13(10,11)12;/h3*4-5H,1,8H2,2-3H3,(H,10,11,12);/q;;;+3/p-3. The molecule has 0 spiro atoms. The van der Waals surface area contributed by atoms with Crippen LogP contribution in [0.1, 0.15) is 41.5 Å². The van der Waals surface area contributed by atoms with Crippen molar-refractivity contribution >= 4 is 65.1 Å². The molecule has 6 atom stereocenters. The van der Waals surface area contributed by atoms with Gasteiger partial charge in [0.1, 0.15) is 44.6 Å². The van der Waals surface area contributed by atoms with E-state index >= 15 is 0 Å². The van der Waals surface area contributed by atoms with Crippen LogP contribution in [0.3, 0.4) is 0 Å². The van der Waals surface area contributed by atoms with Crippen molar-refractivity contribution in [2.24, 2.45) is 17.2 Å². The van der Waals surface area contributed by atoms with Gasteiger partial charge < -0.3 is 30.9 Å². The van der Waals surface area contributed by atoms with Gasteiger partial charge >= 0.3 is 17.4 Å². The van der Waals surface area contributed by atoms with Crippen molar-refractivity contribution in [3.05, 3.63) is 38.0 Å². The first kappa shape index (κ1) is 45.4. The van der Waals surface area contributed by atoms with Gasteiger partial charge in [0.15, 0.2) is 17.3 Å². The quantitative estimate of drug-likeness (QED) is 0.115. The number of rotatable bonds is 12. The molecule has 6 unspecified atom stereocenters. The van der Waals surface area contributed by atoms with Crippen LogP contribution in [0, 0.1) is 0 Å². The molecule has 0 heterocycles. The van der Waals surface area contributed by atoms with E-state index in [0.717, 1.165) is 39.0 Å². The molecule has 0 aliphatic rings. The molecule has 0 amide bonds. The maximum Gasteiger partial charge on any atom is 3.00 e. The number of ketones is 3. The Balaban J connectivity index is -0.000000240. The zero-order chi connectivity index (χ0) is 32.6. The maximum absolute atomic E-state index is 11.1. The molecule has 19 heteroatoms. The fourth-order valence-corrected chi connectivity index (χ4v) is 4.69. The Hall–Kier alpha value is -1.63. The van der Waals surface area contributed by atoms with E-state index in [0.29, 0.717) is 0 Å². The van der Waals surface area contributed by atoms with Crippen molar-refractivity contribution < 1.29 is 53.3 Å². The third-order valence-corrected chi connectivity index (χ3v) is 11.0. The molecule has 0 saturated carbocycles. The summed E-state index contributed by atoms with van der Waals surface area (Å²) < 4.78 is 90.8. The normalized spacial score (nSPS) is 18.3. The van der Waals surface area contributed by atoms with Gasteiger partial charge in [-0.2, -0.15) is 0 Å². The van der Waals surface area contributed by atoms with Crippen molar-refractivity contribution in [1.29, 1.82) is 0 Å². The first-order valence-corrected chi connectivity index (χ1v) is 14.9. The summed E-state index contributed by atoms with van der Waals surface area (Å²) >= 11 is 0. The van der Waals surface area contributed by atoms with Gasteiger partial charge in [-0.3, -0.25) is 14.4 Å². The molecule has 40 heavy (non-hydrogen) atoms. The van der Waals surface area contributed by atoms with Gasteiger partial charge in [-0.1, -0.05) is 19.7 Å². The van der Waals surface area contributed by atoms with E-state index in [9.17, 15) is 53.3 Å². The SMILES string of the molecule is C=CC(=O)C(C)(C(C)N)S(=O)(=O)[O-].C=CC(=O)C(C)(C(C)N)S(=O)(=O)[O-].C=CC(=O)C(C)(C(C)N)S(=O)(=O)[O-].[Al+3]. The monoisotopic (exact) mass is 645 g/mol. The Labute approximate surface area is 246 Å². The second-order valence-corrected chi connectivity index (χ2v) is 14.0. The number of carbonyl (C=O) groups excluding carboxylic acids is 3. The van der Waals surface area contributed by atoms with E-state index in [1.165, 1.54) is 20.8 Å². The Morgan fingerprint density at radius 3 is 0.725 bits per heavy atom. The zero-order valence-electron chi connectivity index (χ0n) is 23.0. The average molecular weight is 646 g/mol. The molecule has 0 rings (SSSR count). The van der Waals surface area contributed by atoms with Crippen molar-refractivity contribution in [2.75, 3.05) is 0 Å². The van der Waals surface area contributed by atoms with Crippen molar-refractivity contribution in [2.45, 2.75) is 73.9 Å². The van der Waals surface area contributed by atoms with Crippen LogP contribution in [0.4, 0.5) is 0 Å². The second-order valence-electron chi connectivity index (χ2n) is 8.75. The van der Waals surface area contributed by atoms with Gasteiger partial charge in [-0.05, 0) is 59.8 Å². The molecular weight excluding hydrogens is 609 g/mol. The molecule has 228 valence electrons. The van der Waals surface area contributed by atoms with E-state index in [4.69, 9.17) is 17.2 Å². The summed E-state index contributed by atoms with van der Waals surface area (Å²) in [5.41, 5.74) is 15.9. The summed E-state index contributed by atoms with van der Waals surface area (Å²) in [5, 5.41) is 0. The van der Waals surface area contributed by atoms with Gasteiger partial charge in [0.2, 0.25) is 0 Å². The van der Waals surface area contributed by atoms with Crippen LogP contribution in [0.5, 0.6) is 0 Å². The van der Waals surface area contributed by atoms with Gasteiger partial charge in [0.25, 0.3) is 0 Å². The first-order chi connectivity index (χ1) is 17.0. The predicted molar refractivity (Wildman–Crippen MR) is 147 cm³/mol. The fraction of sp³-hybridized carbons (Fsp3) is 0.571. The number of hydrogen-bond acceptors (Lipinski definition) is 15. The molecule has 0 aliphatic heterocycles. The van der Waals surface area contributed by atoms with E-state index in [-0.39, 0.29) is 17.4 Å². The van der Waals surface area contributed by atoms with Crippen molar-refractivity contribution in [3.63, 3.8) is 0 Å². The van der Waals surface area contributed by atoms with Gasteiger partial charge in [-0.15, -0.1) is 0 Å². The minimum absolute atomic E-state index is 0. The van der Waals surface area contributed by atoms with Crippen LogP contribution >= 0.6 is 0 Å². The molecular formula is C21H36AlN3O12S3. The summed E-state index contributed by atoms with van der Waals surface area (Å²) in [6.45, 7) is 16.2. The smallest absolute Gasteiger partial charge is 0.747 e. The molecule has 0 fully saturated rings. The fourth-order valence-electron chi connectivity index (χ4n) is 2.33. The molecule has 0 aromatic heterocycles. The van der Waals surface area contributed by atoms with E-state index < -0.39 is 80.1 Å². The Kier molecular flexibility index (Phi) is 18.3. The predicted octanol–water partition coefficient (Wildman–Crippen LogP) is -2.20. The molecule has 0 saturated heterocycles. The van der Waals surface area contributed by atoms with Gasteiger partial charge in [0.05, 0.1) is 0 Å². The van der Waals surface area contributed by atoms with Crippen LogP contribution in [-0.4, -0.2) is 106 Å². The summed E-state index contributed by atoms with van der Waals surface area (Å²) in [7, 11) is -14.3. The Bertz CT molecular complexity index is 1120. The van der Waals surface area contributed by atoms with E-state index in [1.807, 2.05) is 0 Å². The summed E-state index contributed by atoms with van der Waals surface area (Å²) in [5.74, 6) is -2.63. The minimum Gasteiger partial charge on any atom is -0.747 e. The molecule has 15 nitrogen and oxygen atoms in total. The first-order valence-electron chi connectivity index (χ1n) is 10.7. The Morgan fingerprint density at radius 1 is 0.575 bits per heavy atom. The molecule has 0 aromatic carbocycles. The van der Waals surface area contributed by atoms with Crippen LogP contribution in [-0.2, 0) is 44.7 Å². The van der Waals surface area contributed by atoms with Gasteiger partial charge in [-0.25, -0.2) is 25.3 Å². The number of carbonyl (C=O) groups is 3. The van der Waals surface area contributed by atoms with Crippen molar-refractivity contribution in [1.82, 2.24) is 0 Å². The summed E-state index contributed by atoms with van der Waals surface area (Å²) in [6, 6.07) is -3.21. The Morgan fingerprint density at radius 2 is 0.700 bits per heavy atom. The second kappa shape index (κ2) is 16.1. The van der Waals surface area contributed by atoms with Crippen LogP contribution in [0.25, 0.3) is 0 Å².